The molecule has 0 fully saturated rings. The fourth-order valence-electron chi connectivity index (χ4n) is 5.17. The summed E-state index contributed by atoms with van der Waals surface area (Å²) < 4.78 is 12.6. The minimum Gasteiger partial charge on any atom is -0.462 e. The number of H-pyrrole nitrogens is 1. The first-order chi connectivity index (χ1) is 19.4. The van der Waals surface area contributed by atoms with Crippen LogP contribution in [0.3, 0.4) is 0 Å². The van der Waals surface area contributed by atoms with Gasteiger partial charge in [0.2, 0.25) is 11.8 Å². The molecule has 0 saturated heterocycles. The van der Waals surface area contributed by atoms with Crippen LogP contribution in [-0.4, -0.2) is 38.2 Å². The quantitative estimate of drug-likeness (QED) is 0.282. The molecule has 2 aromatic carbocycles. The molecule has 1 unspecified atom stereocenters. The average molecular weight is 554 g/mol. The zero-order valence-corrected chi connectivity index (χ0v) is 22.4. The summed E-state index contributed by atoms with van der Waals surface area (Å²) >= 11 is 6.20. The van der Waals surface area contributed by atoms with Crippen molar-refractivity contribution in [2.75, 3.05) is 6.61 Å². The molecule has 0 radical (unpaired) electrons. The van der Waals surface area contributed by atoms with Gasteiger partial charge in [-0.15, -0.1) is 0 Å². The number of rotatable bonds is 5. The number of carbonyl (C=O) groups is 2. The highest BCUT2D eigenvalue weighted by Gasteiger charge is 2.42. The van der Waals surface area contributed by atoms with Crippen molar-refractivity contribution in [3.05, 3.63) is 112 Å². The molecule has 0 saturated carbocycles. The van der Waals surface area contributed by atoms with Gasteiger partial charge < -0.3 is 20.2 Å². The van der Waals surface area contributed by atoms with Gasteiger partial charge in [0.25, 0.3) is 5.91 Å². The number of halogens is 1. The highest BCUT2D eigenvalue weighted by molar-refractivity contribution is 6.30. The first-order valence-corrected chi connectivity index (χ1v) is 13.0. The molecule has 3 aromatic heterocycles. The summed E-state index contributed by atoms with van der Waals surface area (Å²) in [6.45, 7) is 3.64. The van der Waals surface area contributed by atoms with Crippen LogP contribution in [0.1, 0.15) is 40.0 Å². The van der Waals surface area contributed by atoms with Crippen molar-refractivity contribution in [2.45, 2.75) is 19.8 Å². The number of aromatic amines is 1. The summed E-state index contributed by atoms with van der Waals surface area (Å²) in [4.78, 5) is 34.5. The topological polar surface area (TPSA) is 125 Å². The maximum Gasteiger partial charge on any atom is 0.340 e. The molecule has 0 aliphatic carbocycles. The molecule has 1 aliphatic rings. The summed E-state index contributed by atoms with van der Waals surface area (Å²) in [6.07, 6.45) is 3.05. The number of aryl methyl sites for hydroxylation is 1. The molecule has 4 heterocycles. The molecule has 6 rings (SSSR count). The largest absolute Gasteiger partial charge is 0.462 e. The van der Waals surface area contributed by atoms with E-state index in [2.05, 4.69) is 15.1 Å². The predicted octanol–water partition coefficient (Wildman–Crippen LogP) is 5.33. The van der Waals surface area contributed by atoms with Gasteiger partial charge in [-0.1, -0.05) is 41.9 Å². The molecule has 3 N–H and O–H groups in total. The second-order valence-electron chi connectivity index (χ2n) is 9.26. The summed E-state index contributed by atoms with van der Waals surface area (Å²) in [7, 11) is 0. The Bertz CT molecular complexity index is 1810. The molecule has 0 spiro atoms. The number of nitrogens with two attached hydrogens (primary N) is 1. The van der Waals surface area contributed by atoms with Crippen LogP contribution in [0.4, 0.5) is 0 Å². The minimum atomic E-state index is -0.761. The van der Waals surface area contributed by atoms with Gasteiger partial charge in [-0.05, 0) is 55.3 Å². The summed E-state index contributed by atoms with van der Waals surface area (Å²) in [5, 5.41) is 6.02. The number of nitrogens with one attached hydrogen (secondary N) is 1. The molecular weight excluding hydrogens is 530 g/mol. The van der Waals surface area contributed by atoms with Crippen LogP contribution < -0.4 is 10.5 Å². The SMILES string of the molecule is CCOC(=O)C1=C(N)Oc2c(c(C)nn2C(=O)c2ccncc2)C1c1c(-c2ccc(Cl)cc2)[nH]c2ccccc12. The van der Waals surface area contributed by atoms with E-state index in [0.717, 1.165) is 27.7 Å². The highest BCUT2D eigenvalue weighted by atomic mass is 35.5. The summed E-state index contributed by atoms with van der Waals surface area (Å²) in [6, 6.07) is 18.4. The third-order valence-corrected chi connectivity index (χ3v) is 7.15. The fraction of sp³-hybridized carbons (Fsp3) is 0.133. The highest BCUT2D eigenvalue weighted by Crippen LogP contribution is 2.49. The molecule has 10 heteroatoms. The molecule has 0 amide bonds. The van der Waals surface area contributed by atoms with Crippen LogP contribution in [0, 0.1) is 6.92 Å². The van der Waals surface area contributed by atoms with Gasteiger partial charge in [-0.2, -0.15) is 9.78 Å². The van der Waals surface area contributed by atoms with E-state index in [-0.39, 0.29) is 23.9 Å². The van der Waals surface area contributed by atoms with Gasteiger partial charge in [0.05, 0.1) is 29.5 Å². The molecule has 5 aromatic rings. The maximum absolute atomic E-state index is 13.5. The number of hydrogen-bond acceptors (Lipinski definition) is 7. The van der Waals surface area contributed by atoms with E-state index in [0.29, 0.717) is 21.8 Å². The Morgan fingerprint density at radius 3 is 2.52 bits per heavy atom. The van der Waals surface area contributed by atoms with Gasteiger partial charge in [0.1, 0.15) is 5.57 Å². The number of para-hydroxylation sites is 1. The van der Waals surface area contributed by atoms with Gasteiger partial charge >= 0.3 is 5.97 Å². The van der Waals surface area contributed by atoms with Crippen LogP contribution in [0.15, 0.2) is 84.5 Å². The maximum atomic E-state index is 13.5. The van der Waals surface area contributed by atoms with Crippen LogP contribution in [0.25, 0.3) is 22.2 Å². The van der Waals surface area contributed by atoms with Crippen molar-refractivity contribution in [1.82, 2.24) is 19.7 Å². The normalized spacial score (nSPS) is 14.6. The Balaban J connectivity index is 1.65. The molecule has 200 valence electrons. The van der Waals surface area contributed by atoms with E-state index >= 15 is 0 Å². The third kappa shape index (κ3) is 4.11. The number of ether oxygens (including phenoxy) is 2. The van der Waals surface area contributed by atoms with Crippen LogP contribution in [0.2, 0.25) is 5.02 Å². The van der Waals surface area contributed by atoms with E-state index in [9.17, 15) is 9.59 Å². The zero-order chi connectivity index (χ0) is 28.0. The van der Waals surface area contributed by atoms with Gasteiger partial charge in [-0.25, -0.2) is 4.79 Å². The fourth-order valence-corrected chi connectivity index (χ4v) is 5.30. The van der Waals surface area contributed by atoms with E-state index in [1.165, 1.54) is 17.1 Å². The second-order valence-corrected chi connectivity index (χ2v) is 9.69. The smallest absolute Gasteiger partial charge is 0.340 e. The Morgan fingerprint density at radius 2 is 1.80 bits per heavy atom. The molecule has 1 atom stereocenters. The molecular formula is C30H24ClN5O4. The lowest BCUT2D eigenvalue weighted by atomic mass is 9.81. The number of hydrogen-bond donors (Lipinski definition) is 2. The van der Waals surface area contributed by atoms with E-state index < -0.39 is 17.8 Å². The number of nitrogens with zero attached hydrogens (tertiary/aromatic N) is 3. The van der Waals surface area contributed by atoms with Crippen LogP contribution in [-0.2, 0) is 9.53 Å². The lowest BCUT2D eigenvalue weighted by molar-refractivity contribution is -0.139. The van der Waals surface area contributed by atoms with Crippen molar-refractivity contribution in [3.63, 3.8) is 0 Å². The summed E-state index contributed by atoms with van der Waals surface area (Å²) in [5.74, 6) is -1.82. The average Bonchev–Trinajstić information content (AvgIpc) is 3.50. The van der Waals surface area contributed by atoms with E-state index in [4.69, 9.17) is 26.8 Å². The van der Waals surface area contributed by atoms with Gasteiger partial charge in [0.15, 0.2) is 0 Å². The lowest BCUT2D eigenvalue weighted by Gasteiger charge is -2.27. The number of pyridine rings is 1. The standard InChI is InChI=1S/C30H24ClN5O4/c1-3-39-30(38)25-24(23-20-6-4-5-7-21(20)34-26(23)17-8-10-19(31)11-9-17)22-16(2)35-36(29(22)40-27(25)32)28(37)18-12-14-33-15-13-18/h4-15,24,34H,3,32H2,1-2H3. The molecule has 40 heavy (non-hydrogen) atoms. The van der Waals surface area contributed by atoms with E-state index in [1.807, 2.05) is 36.4 Å². The lowest BCUT2D eigenvalue weighted by Crippen LogP contribution is -2.29. The van der Waals surface area contributed by atoms with Gasteiger partial charge in [0, 0.05) is 33.9 Å². The second kappa shape index (κ2) is 10.0. The number of esters is 1. The van der Waals surface area contributed by atoms with Crippen LogP contribution in [0.5, 0.6) is 5.88 Å². The third-order valence-electron chi connectivity index (χ3n) is 6.89. The van der Waals surface area contributed by atoms with Crippen molar-refractivity contribution >= 4 is 34.4 Å². The molecule has 9 nitrogen and oxygen atoms in total. The first-order valence-electron chi connectivity index (χ1n) is 12.6. The Hall–Kier alpha value is -4.89. The van der Waals surface area contributed by atoms with E-state index in [1.54, 1.807) is 38.1 Å². The Kier molecular flexibility index (Phi) is 6.36. The van der Waals surface area contributed by atoms with Crippen molar-refractivity contribution < 1.29 is 19.1 Å². The minimum absolute atomic E-state index is 0.133. The Labute approximate surface area is 234 Å². The monoisotopic (exact) mass is 553 g/mol. The molecule has 1 aliphatic heterocycles. The number of aromatic nitrogens is 4. The van der Waals surface area contributed by atoms with Crippen LogP contribution >= 0.6 is 11.6 Å². The van der Waals surface area contributed by atoms with Crippen molar-refractivity contribution in [3.8, 4) is 17.1 Å². The number of fused-ring (bicyclic) bond motifs is 2. The van der Waals surface area contributed by atoms with Crippen molar-refractivity contribution in [2.24, 2.45) is 5.73 Å². The first kappa shape index (κ1) is 25.4. The Morgan fingerprint density at radius 1 is 1.07 bits per heavy atom. The van der Waals surface area contributed by atoms with Gasteiger partial charge in [-0.3, -0.25) is 9.78 Å². The predicted molar refractivity (Wildman–Crippen MR) is 150 cm³/mol. The number of benzene rings is 2. The number of carbonyl (C=O) groups excluding carboxylic acids is 2. The zero-order valence-electron chi connectivity index (χ0n) is 21.6. The summed E-state index contributed by atoms with van der Waals surface area (Å²) in [5.41, 5.74) is 11.2. The molecule has 0 bridgehead atoms. The van der Waals surface area contributed by atoms with Crippen molar-refractivity contribution in [1.29, 1.82) is 0 Å².